The van der Waals surface area contributed by atoms with Crippen molar-refractivity contribution in [1.82, 2.24) is 10.2 Å². The molecule has 0 saturated heterocycles. The van der Waals surface area contributed by atoms with E-state index < -0.39 is 0 Å². The van der Waals surface area contributed by atoms with Crippen LogP contribution in [0.15, 0.2) is 36.4 Å². The third kappa shape index (κ3) is 4.64. The van der Waals surface area contributed by atoms with Crippen LogP contribution >= 0.6 is 0 Å². The highest BCUT2D eigenvalue weighted by Crippen LogP contribution is 2.40. The number of hydrogen-bond donors (Lipinski definition) is 1. The molecule has 31 heavy (non-hydrogen) atoms. The topological polar surface area (TPSA) is 60.0 Å². The summed E-state index contributed by atoms with van der Waals surface area (Å²) in [7, 11) is 5.01. The first-order valence-electron chi connectivity index (χ1n) is 11.0. The number of fused-ring (bicyclic) bond motifs is 1. The SMILES string of the molecule is COc1cccc(CN2CCc3cc(OC)c(OC)cc3[C@H]2[C@@H](C)NC(=O)C2CC2)c1. The third-order valence-corrected chi connectivity index (χ3v) is 6.34. The Balaban J connectivity index is 1.67. The first kappa shape index (κ1) is 21.5. The molecule has 1 saturated carbocycles. The van der Waals surface area contributed by atoms with Crippen LogP contribution in [0.25, 0.3) is 0 Å². The van der Waals surface area contributed by atoms with Gasteiger partial charge in [0.15, 0.2) is 11.5 Å². The van der Waals surface area contributed by atoms with E-state index in [1.807, 2.05) is 12.1 Å². The second-order valence-corrected chi connectivity index (χ2v) is 8.49. The zero-order chi connectivity index (χ0) is 22.0. The Bertz CT molecular complexity index is 941. The molecule has 1 aliphatic heterocycles. The van der Waals surface area contributed by atoms with Crippen LogP contribution < -0.4 is 19.5 Å². The number of hydrogen-bond acceptors (Lipinski definition) is 5. The van der Waals surface area contributed by atoms with Gasteiger partial charge in [-0.05, 0) is 67.1 Å². The Morgan fingerprint density at radius 3 is 2.52 bits per heavy atom. The van der Waals surface area contributed by atoms with Crippen molar-refractivity contribution in [1.29, 1.82) is 0 Å². The Morgan fingerprint density at radius 1 is 1.10 bits per heavy atom. The fourth-order valence-corrected chi connectivity index (χ4v) is 4.56. The van der Waals surface area contributed by atoms with Gasteiger partial charge in [-0.2, -0.15) is 0 Å². The molecule has 2 aliphatic rings. The molecule has 6 heteroatoms. The average Bonchev–Trinajstić information content (AvgIpc) is 3.63. The van der Waals surface area contributed by atoms with E-state index in [9.17, 15) is 4.79 Å². The molecule has 1 fully saturated rings. The van der Waals surface area contributed by atoms with Gasteiger partial charge in [0.25, 0.3) is 0 Å². The van der Waals surface area contributed by atoms with Crippen LogP contribution in [0, 0.1) is 5.92 Å². The van der Waals surface area contributed by atoms with Gasteiger partial charge in [-0.15, -0.1) is 0 Å². The zero-order valence-corrected chi connectivity index (χ0v) is 18.8. The summed E-state index contributed by atoms with van der Waals surface area (Å²) in [5, 5.41) is 3.28. The number of carbonyl (C=O) groups excluding carboxylic acids is 1. The van der Waals surface area contributed by atoms with Gasteiger partial charge in [0.05, 0.1) is 27.4 Å². The minimum absolute atomic E-state index is 0.0316. The predicted octanol–water partition coefficient (Wildman–Crippen LogP) is 3.73. The molecule has 1 heterocycles. The standard InChI is InChI=1S/C25H32N2O4/c1-16(26-25(28)18-8-9-18)24-21-14-23(31-4)22(30-3)13-19(21)10-11-27(24)15-17-6-5-7-20(12-17)29-2/h5-7,12-14,16,18,24H,8-11,15H2,1-4H3,(H,26,28)/t16-,24-/m1/s1. The first-order valence-corrected chi connectivity index (χ1v) is 11.0. The van der Waals surface area contributed by atoms with Crippen LogP contribution in [0.2, 0.25) is 0 Å². The minimum Gasteiger partial charge on any atom is -0.497 e. The molecule has 6 nitrogen and oxygen atoms in total. The van der Waals surface area contributed by atoms with E-state index in [-0.39, 0.29) is 23.9 Å². The number of amides is 1. The second kappa shape index (κ2) is 9.18. The van der Waals surface area contributed by atoms with E-state index in [1.54, 1.807) is 21.3 Å². The van der Waals surface area contributed by atoms with E-state index in [1.165, 1.54) is 16.7 Å². The first-order chi connectivity index (χ1) is 15.0. The van der Waals surface area contributed by atoms with Crippen molar-refractivity contribution in [3.05, 3.63) is 53.1 Å². The summed E-state index contributed by atoms with van der Waals surface area (Å²) in [5.41, 5.74) is 3.63. The van der Waals surface area contributed by atoms with Crippen LogP contribution in [-0.4, -0.2) is 44.7 Å². The Hall–Kier alpha value is -2.73. The van der Waals surface area contributed by atoms with Crippen LogP contribution in [-0.2, 0) is 17.8 Å². The van der Waals surface area contributed by atoms with Gasteiger partial charge < -0.3 is 19.5 Å². The molecule has 0 radical (unpaired) electrons. The molecule has 1 aliphatic carbocycles. The summed E-state index contributed by atoms with van der Waals surface area (Å²) in [6, 6.07) is 12.4. The molecular formula is C25H32N2O4. The number of nitrogens with zero attached hydrogens (tertiary/aromatic N) is 1. The molecule has 4 rings (SSSR count). The van der Waals surface area contributed by atoms with Crippen LogP contribution in [0.5, 0.6) is 17.2 Å². The summed E-state index contributed by atoms with van der Waals surface area (Å²) in [6.07, 6.45) is 2.91. The molecule has 0 aromatic heterocycles. The van der Waals surface area contributed by atoms with E-state index >= 15 is 0 Å². The lowest BCUT2D eigenvalue weighted by molar-refractivity contribution is -0.123. The fraction of sp³-hybridized carbons (Fsp3) is 0.480. The molecule has 0 spiro atoms. The lowest BCUT2D eigenvalue weighted by atomic mass is 9.87. The predicted molar refractivity (Wildman–Crippen MR) is 120 cm³/mol. The van der Waals surface area contributed by atoms with Gasteiger partial charge in [0, 0.05) is 25.0 Å². The Kier molecular flexibility index (Phi) is 6.37. The molecule has 0 bridgehead atoms. The van der Waals surface area contributed by atoms with E-state index in [0.29, 0.717) is 0 Å². The van der Waals surface area contributed by atoms with Gasteiger partial charge in [-0.25, -0.2) is 0 Å². The lowest BCUT2D eigenvalue weighted by Crippen LogP contribution is -2.47. The van der Waals surface area contributed by atoms with Gasteiger partial charge in [0.2, 0.25) is 5.91 Å². The smallest absolute Gasteiger partial charge is 0.223 e. The summed E-state index contributed by atoms with van der Waals surface area (Å²) in [5.74, 6) is 2.67. The van der Waals surface area contributed by atoms with Crippen molar-refractivity contribution in [3.63, 3.8) is 0 Å². The number of ether oxygens (including phenoxy) is 3. The monoisotopic (exact) mass is 424 g/mol. The molecule has 1 amide bonds. The number of rotatable bonds is 8. The van der Waals surface area contributed by atoms with Gasteiger partial charge in [0.1, 0.15) is 5.75 Å². The molecule has 0 unspecified atom stereocenters. The van der Waals surface area contributed by atoms with Crippen molar-refractivity contribution >= 4 is 5.91 Å². The molecule has 2 aromatic rings. The minimum atomic E-state index is -0.0316. The highest BCUT2D eigenvalue weighted by molar-refractivity contribution is 5.81. The third-order valence-electron chi connectivity index (χ3n) is 6.34. The van der Waals surface area contributed by atoms with Crippen LogP contribution in [0.3, 0.4) is 0 Å². The average molecular weight is 425 g/mol. The largest absolute Gasteiger partial charge is 0.497 e. The summed E-state index contributed by atoms with van der Waals surface area (Å²) >= 11 is 0. The maximum Gasteiger partial charge on any atom is 0.223 e. The zero-order valence-electron chi connectivity index (χ0n) is 18.8. The van der Waals surface area contributed by atoms with E-state index in [4.69, 9.17) is 14.2 Å². The maximum absolute atomic E-state index is 12.6. The van der Waals surface area contributed by atoms with Crippen molar-refractivity contribution < 1.29 is 19.0 Å². The molecule has 166 valence electrons. The highest BCUT2D eigenvalue weighted by atomic mass is 16.5. The molecule has 2 aromatic carbocycles. The number of carbonyl (C=O) groups is 1. The highest BCUT2D eigenvalue weighted by Gasteiger charge is 2.36. The van der Waals surface area contributed by atoms with Gasteiger partial charge in [-0.1, -0.05) is 12.1 Å². The van der Waals surface area contributed by atoms with Gasteiger partial charge in [-0.3, -0.25) is 9.69 Å². The number of nitrogens with one attached hydrogen (secondary N) is 1. The van der Waals surface area contributed by atoms with Crippen molar-refractivity contribution in [2.75, 3.05) is 27.9 Å². The summed E-state index contributed by atoms with van der Waals surface area (Å²) in [6.45, 7) is 3.78. The number of methoxy groups -OCH3 is 3. The quantitative estimate of drug-likeness (QED) is 0.700. The maximum atomic E-state index is 12.6. The molecule has 1 N–H and O–H groups in total. The Labute approximate surface area is 184 Å². The van der Waals surface area contributed by atoms with Crippen LogP contribution in [0.1, 0.15) is 42.5 Å². The summed E-state index contributed by atoms with van der Waals surface area (Å²) in [4.78, 5) is 15.0. The molecule has 2 atom stereocenters. The fourth-order valence-electron chi connectivity index (χ4n) is 4.56. The number of benzene rings is 2. The normalized spacial score (nSPS) is 19.3. The Morgan fingerprint density at radius 2 is 1.84 bits per heavy atom. The van der Waals surface area contributed by atoms with E-state index in [0.717, 1.165) is 49.6 Å². The second-order valence-electron chi connectivity index (χ2n) is 8.49. The lowest BCUT2D eigenvalue weighted by Gasteiger charge is -2.41. The van der Waals surface area contributed by atoms with Crippen molar-refractivity contribution in [2.24, 2.45) is 5.92 Å². The summed E-state index contributed by atoms with van der Waals surface area (Å²) < 4.78 is 16.5. The van der Waals surface area contributed by atoms with Crippen LogP contribution in [0.4, 0.5) is 0 Å². The van der Waals surface area contributed by atoms with E-state index in [2.05, 4.69) is 41.4 Å². The van der Waals surface area contributed by atoms with Crippen molar-refractivity contribution in [2.45, 2.75) is 44.8 Å². The van der Waals surface area contributed by atoms with Gasteiger partial charge >= 0.3 is 0 Å². The molecular weight excluding hydrogens is 392 g/mol. The van der Waals surface area contributed by atoms with Crippen molar-refractivity contribution in [3.8, 4) is 17.2 Å².